The first-order valence-corrected chi connectivity index (χ1v) is 15.4. The van der Waals surface area contributed by atoms with E-state index in [0.717, 1.165) is 0 Å². The standard InChI is InChI=1S/C27H40N7O8P/c1-15(2)41-24(35)17(5)32-43(38,33-18(6)25(36)42-16(3)4)20-10-8-9-19(13-20)14-34-23-21(29-27(34)37)22(28)30-26(31-23)40-12-11-39-7/h8-10,13,15-18H,11-12,14H2,1-7H3,(H,29,37)(H2,28,30,31)(H2,32,33,38). The number of ether oxygens (including phenoxy) is 4. The Bertz CT molecular complexity index is 1450. The lowest BCUT2D eigenvalue weighted by atomic mass is 10.2. The number of esters is 2. The molecule has 16 heteroatoms. The van der Waals surface area contributed by atoms with Crippen LogP contribution in [0.15, 0.2) is 24.3 Å². The number of benzene rings is 1. The monoisotopic (exact) mass is 621 g/mol. The normalized spacial score (nSPS) is 14.4. The molecule has 3 aromatic rings. The average molecular weight is 622 g/mol. The summed E-state index contributed by atoms with van der Waals surface area (Å²) in [4.78, 5) is 37.7. The Morgan fingerprint density at radius 1 is 0.977 bits per heavy atom. The molecule has 0 aliphatic carbocycles. The van der Waals surface area contributed by atoms with Crippen LogP contribution in [0, 0.1) is 0 Å². The zero-order valence-electron chi connectivity index (χ0n) is 25.4. The number of aromatic hydroxyl groups is 1. The largest absolute Gasteiger partial charge is 0.480 e. The number of nitrogens with one attached hydrogen (secondary N) is 2. The van der Waals surface area contributed by atoms with Gasteiger partial charge in [-0.3, -0.25) is 18.7 Å². The van der Waals surface area contributed by atoms with E-state index in [1.807, 2.05) is 0 Å². The average Bonchev–Trinajstić information content (AvgIpc) is 3.23. The predicted molar refractivity (Wildman–Crippen MR) is 159 cm³/mol. The van der Waals surface area contributed by atoms with Gasteiger partial charge in [-0.05, 0) is 59.2 Å². The number of imidazole rings is 1. The van der Waals surface area contributed by atoms with E-state index < -0.39 is 31.5 Å². The van der Waals surface area contributed by atoms with Crippen molar-refractivity contribution in [2.75, 3.05) is 26.1 Å². The zero-order valence-corrected chi connectivity index (χ0v) is 26.3. The maximum absolute atomic E-state index is 14.5. The molecular weight excluding hydrogens is 581 g/mol. The van der Waals surface area contributed by atoms with Crippen LogP contribution in [0.1, 0.15) is 47.1 Å². The van der Waals surface area contributed by atoms with E-state index in [1.165, 1.54) is 25.5 Å². The third-order valence-corrected chi connectivity index (χ3v) is 8.38. The Hall–Kier alpha value is -3.78. The van der Waals surface area contributed by atoms with Crippen molar-refractivity contribution in [1.82, 2.24) is 29.7 Å². The number of carbonyl (C=O) groups is 2. The van der Waals surface area contributed by atoms with Crippen LogP contribution >= 0.6 is 7.44 Å². The van der Waals surface area contributed by atoms with Gasteiger partial charge in [0.2, 0.25) is 7.44 Å². The number of hydrogen-bond acceptors (Lipinski definition) is 12. The number of hydrogen-bond donors (Lipinski definition) is 4. The van der Waals surface area contributed by atoms with E-state index in [0.29, 0.717) is 12.2 Å². The molecule has 15 nitrogen and oxygen atoms in total. The molecule has 5 N–H and O–H groups in total. The number of anilines is 1. The van der Waals surface area contributed by atoms with Gasteiger partial charge in [0.25, 0.3) is 6.01 Å². The van der Waals surface area contributed by atoms with Crippen molar-refractivity contribution in [3.05, 3.63) is 29.8 Å². The van der Waals surface area contributed by atoms with Crippen LogP contribution in [0.25, 0.3) is 11.2 Å². The highest BCUT2D eigenvalue weighted by Crippen LogP contribution is 2.37. The minimum Gasteiger partial charge on any atom is -0.480 e. The number of methoxy groups -OCH3 is 1. The maximum Gasteiger partial charge on any atom is 0.323 e. The van der Waals surface area contributed by atoms with Gasteiger partial charge in [-0.1, -0.05) is 12.1 Å². The summed E-state index contributed by atoms with van der Waals surface area (Å²) >= 11 is 0. The first-order chi connectivity index (χ1) is 20.2. The van der Waals surface area contributed by atoms with Crippen LogP contribution in [0.5, 0.6) is 12.0 Å². The van der Waals surface area contributed by atoms with Crippen LogP contribution < -0.4 is 25.9 Å². The number of fused-ring (bicyclic) bond motifs is 1. The van der Waals surface area contributed by atoms with Gasteiger partial charge in [0.05, 0.1) is 25.4 Å². The Morgan fingerprint density at radius 3 is 2.14 bits per heavy atom. The molecule has 43 heavy (non-hydrogen) atoms. The second-order valence-electron chi connectivity index (χ2n) is 10.4. The summed E-state index contributed by atoms with van der Waals surface area (Å²) in [6.45, 7) is 10.4. The summed E-state index contributed by atoms with van der Waals surface area (Å²) in [6, 6.07) is 4.25. The van der Waals surface area contributed by atoms with Crippen LogP contribution in [0.2, 0.25) is 0 Å². The highest BCUT2D eigenvalue weighted by molar-refractivity contribution is 7.67. The van der Waals surface area contributed by atoms with Gasteiger partial charge in [-0.15, -0.1) is 0 Å². The van der Waals surface area contributed by atoms with Crippen LogP contribution in [-0.2, 0) is 34.9 Å². The van der Waals surface area contributed by atoms with E-state index in [1.54, 1.807) is 52.0 Å². The molecule has 236 valence electrons. The van der Waals surface area contributed by atoms with E-state index in [2.05, 4.69) is 25.1 Å². The topological polar surface area (TPSA) is 202 Å². The fourth-order valence-corrected chi connectivity index (χ4v) is 6.27. The van der Waals surface area contributed by atoms with Crippen molar-refractivity contribution in [1.29, 1.82) is 0 Å². The Balaban J connectivity index is 1.98. The SMILES string of the molecule is COCCOc1nc(N)c2nc(O)n(Cc3cccc(P(=O)(NC(C)C(=O)OC(C)C)NC(C)C(=O)OC(C)C)c3)c2n1. The van der Waals surface area contributed by atoms with Crippen LogP contribution in [-0.4, -0.2) is 81.2 Å². The van der Waals surface area contributed by atoms with E-state index in [-0.39, 0.29) is 59.7 Å². The molecule has 2 unspecified atom stereocenters. The molecule has 0 fully saturated rings. The van der Waals surface area contributed by atoms with Crippen molar-refractivity contribution in [2.45, 2.75) is 72.4 Å². The minimum absolute atomic E-state index is 0.0144. The number of nitrogens with zero attached hydrogens (tertiary/aromatic N) is 4. The fourth-order valence-electron chi connectivity index (χ4n) is 3.96. The molecule has 2 atom stereocenters. The van der Waals surface area contributed by atoms with Crippen LogP contribution in [0.3, 0.4) is 0 Å². The van der Waals surface area contributed by atoms with Gasteiger partial charge in [-0.25, -0.2) is 10.2 Å². The lowest BCUT2D eigenvalue weighted by Crippen LogP contribution is -2.45. The van der Waals surface area contributed by atoms with Gasteiger partial charge in [-0.2, -0.15) is 15.0 Å². The van der Waals surface area contributed by atoms with Gasteiger partial charge >= 0.3 is 17.9 Å². The van der Waals surface area contributed by atoms with Crippen molar-refractivity contribution in [2.24, 2.45) is 0 Å². The van der Waals surface area contributed by atoms with Crippen LogP contribution in [0.4, 0.5) is 5.82 Å². The summed E-state index contributed by atoms with van der Waals surface area (Å²) < 4.78 is 36.9. The molecule has 3 rings (SSSR count). The first-order valence-electron chi connectivity index (χ1n) is 13.7. The second-order valence-corrected chi connectivity index (χ2v) is 12.6. The number of nitrogen functional groups attached to an aromatic ring is 1. The van der Waals surface area contributed by atoms with Gasteiger partial charge in [0, 0.05) is 12.4 Å². The lowest BCUT2D eigenvalue weighted by molar-refractivity contribution is -0.149. The summed E-state index contributed by atoms with van der Waals surface area (Å²) in [5, 5.41) is 16.6. The molecular formula is C27H40N7O8P. The van der Waals surface area contributed by atoms with E-state index in [4.69, 9.17) is 24.7 Å². The molecule has 0 aliphatic rings. The zero-order chi connectivity index (χ0) is 31.9. The maximum atomic E-state index is 14.5. The smallest absolute Gasteiger partial charge is 0.323 e. The number of aromatic nitrogens is 4. The summed E-state index contributed by atoms with van der Waals surface area (Å²) in [7, 11) is -2.32. The van der Waals surface area contributed by atoms with E-state index in [9.17, 15) is 19.3 Å². The summed E-state index contributed by atoms with van der Waals surface area (Å²) in [5.41, 5.74) is 7.03. The predicted octanol–water partition coefficient (Wildman–Crippen LogP) is 1.87. The molecule has 1 aromatic carbocycles. The quantitative estimate of drug-likeness (QED) is 0.109. The number of nitrogens with two attached hydrogens (primary N) is 1. The first kappa shape index (κ1) is 33.7. The molecule has 0 amide bonds. The fraction of sp³-hybridized carbons (Fsp3) is 0.519. The van der Waals surface area contributed by atoms with Crippen molar-refractivity contribution < 1.29 is 38.2 Å². The summed E-state index contributed by atoms with van der Waals surface area (Å²) in [5.74, 6) is -1.20. The van der Waals surface area contributed by atoms with E-state index >= 15 is 0 Å². The van der Waals surface area contributed by atoms with Crippen molar-refractivity contribution >= 4 is 41.7 Å². The Kier molecular flexibility index (Phi) is 11.4. The third-order valence-electron chi connectivity index (χ3n) is 5.88. The Labute approximate surface area is 250 Å². The number of rotatable bonds is 15. The van der Waals surface area contributed by atoms with Gasteiger partial charge in [0.1, 0.15) is 18.7 Å². The third kappa shape index (κ3) is 8.86. The highest BCUT2D eigenvalue weighted by atomic mass is 31.2. The van der Waals surface area contributed by atoms with Crippen molar-refractivity contribution in [3.8, 4) is 12.0 Å². The molecule has 0 saturated carbocycles. The lowest BCUT2D eigenvalue weighted by Gasteiger charge is -2.27. The highest BCUT2D eigenvalue weighted by Gasteiger charge is 2.34. The van der Waals surface area contributed by atoms with Crippen molar-refractivity contribution in [3.63, 3.8) is 0 Å². The molecule has 2 heterocycles. The molecule has 0 aliphatic heterocycles. The molecule has 0 spiro atoms. The molecule has 2 aromatic heterocycles. The molecule has 0 radical (unpaired) electrons. The minimum atomic E-state index is -3.85. The Morgan fingerprint density at radius 2 is 1.58 bits per heavy atom. The molecule has 0 saturated heterocycles. The second kappa shape index (κ2) is 14.6. The van der Waals surface area contributed by atoms with Gasteiger partial charge < -0.3 is 29.8 Å². The van der Waals surface area contributed by atoms with Gasteiger partial charge in [0.15, 0.2) is 17.0 Å². The summed E-state index contributed by atoms with van der Waals surface area (Å²) in [6.07, 6.45) is -0.762. The number of carbonyl (C=O) groups excluding carboxylic acids is 2. The molecule has 0 bridgehead atoms.